The summed E-state index contributed by atoms with van der Waals surface area (Å²) in [6.07, 6.45) is 3.93. The summed E-state index contributed by atoms with van der Waals surface area (Å²) in [7, 11) is 0. The third-order valence-corrected chi connectivity index (χ3v) is 4.45. The van der Waals surface area contributed by atoms with Crippen LogP contribution < -0.4 is 5.32 Å². The van der Waals surface area contributed by atoms with Crippen molar-refractivity contribution in [3.8, 4) is 21.8 Å². The van der Waals surface area contributed by atoms with Crippen molar-refractivity contribution >= 4 is 17.2 Å². The molecule has 4 nitrogen and oxygen atoms in total. The predicted molar refractivity (Wildman–Crippen MR) is 102 cm³/mol. The van der Waals surface area contributed by atoms with Crippen LogP contribution in [-0.2, 0) is 11.2 Å². The minimum atomic E-state index is -0.207. The fourth-order valence-electron chi connectivity index (χ4n) is 2.47. The molecule has 2 heterocycles. The number of carbonyl (C=O) groups excluding carboxylic acids is 1. The normalized spacial score (nSPS) is 11.3. The second-order valence-electron chi connectivity index (χ2n) is 6.95. The number of rotatable bonds is 4. The fourth-order valence-corrected chi connectivity index (χ4v) is 3.31. The molecule has 0 saturated carbocycles. The van der Waals surface area contributed by atoms with Gasteiger partial charge in [0.2, 0.25) is 5.91 Å². The average molecular weight is 351 g/mol. The van der Waals surface area contributed by atoms with Gasteiger partial charge in [0.05, 0.1) is 12.1 Å². The lowest BCUT2D eigenvalue weighted by molar-refractivity contribution is -0.121. The first-order valence-electron chi connectivity index (χ1n) is 8.17. The molecule has 1 amide bonds. The maximum atomic E-state index is 12.0. The van der Waals surface area contributed by atoms with Crippen LogP contribution in [0.4, 0.5) is 0 Å². The molecule has 3 rings (SSSR count). The van der Waals surface area contributed by atoms with Crippen molar-refractivity contribution in [3.63, 3.8) is 0 Å². The highest BCUT2D eigenvalue weighted by atomic mass is 32.1. The molecule has 128 valence electrons. The molecule has 0 aliphatic carbocycles. The van der Waals surface area contributed by atoms with Crippen molar-refractivity contribution in [3.05, 3.63) is 59.7 Å². The van der Waals surface area contributed by atoms with Crippen LogP contribution in [0.1, 0.15) is 26.3 Å². The summed E-state index contributed by atoms with van der Waals surface area (Å²) < 4.78 is 0. The van der Waals surface area contributed by atoms with E-state index in [0.29, 0.717) is 6.42 Å². The molecule has 1 N–H and O–H groups in total. The Balaban J connectivity index is 1.71. The number of pyridine rings is 1. The molecule has 0 fully saturated rings. The Morgan fingerprint density at radius 2 is 1.72 bits per heavy atom. The number of aromatic nitrogens is 2. The summed E-state index contributed by atoms with van der Waals surface area (Å²) in [4.78, 5) is 20.8. The Labute approximate surface area is 152 Å². The maximum Gasteiger partial charge on any atom is 0.224 e. The first-order chi connectivity index (χ1) is 11.9. The number of carbonyl (C=O) groups is 1. The molecule has 3 aromatic rings. The zero-order valence-corrected chi connectivity index (χ0v) is 15.4. The van der Waals surface area contributed by atoms with E-state index < -0.39 is 0 Å². The third kappa shape index (κ3) is 4.73. The van der Waals surface area contributed by atoms with Crippen LogP contribution in [0.15, 0.2) is 54.2 Å². The van der Waals surface area contributed by atoms with Crippen LogP contribution in [0.2, 0.25) is 0 Å². The summed E-state index contributed by atoms with van der Waals surface area (Å²) in [5, 5.41) is 6.01. The number of amides is 1. The van der Waals surface area contributed by atoms with Gasteiger partial charge in [-0.2, -0.15) is 0 Å². The smallest absolute Gasteiger partial charge is 0.224 e. The lowest BCUT2D eigenvalue weighted by atomic mass is 10.1. The molecule has 0 atom stereocenters. The minimum Gasteiger partial charge on any atom is -0.351 e. The summed E-state index contributed by atoms with van der Waals surface area (Å²) in [5.41, 5.74) is 3.86. The quantitative estimate of drug-likeness (QED) is 0.761. The molecule has 0 aliphatic heterocycles. The van der Waals surface area contributed by atoms with Crippen molar-refractivity contribution < 1.29 is 4.79 Å². The summed E-state index contributed by atoms with van der Waals surface area (Å²) >= 11 is 1.62. The van der Waals surface area contributed by atoms with E-state index in [0.717, 1.165) is 27.4 Å². The lowest BCUT2D eigenvalue weighted by Crippen LogP contribution is -2.41. The van der Waals surface area contributed by atoms with E-state index in [1.54, 1.807) is 23.7 Å². The van der Waals surface area contributed by atoms with E-state index in [-0.39, 0.29) is 11.4 Å². The van der Waals surface area contributed by atoms with Gasteiger partial charge >= 0.3 is 0 Å². The van der Waals surface area contributed by atoms with Crippen molar-refractivity contribution in [1.82, 2.24) is 15.3 Å². The highest BCUT2D eigenvalue weighted by Crippen LogP contribution is 2.28. The SMILES string of the molecule is CC(C)(C)NC(=O)Cc1ccc(-c2csc(-c3ccncc3)n2)cc1. The largest absolute Gasteiger partial charge is 0.351 e. The molecular formula is C20H21N3OS. The zero-order valence-electron chi connectivity index (χ0n) is 14.6. The Morgan fingerprint density at radius 3 is 2.36 bits per heavy atom. The molecule has 5 heteroatoms. The predicted octanol–water partition coefficient (Wildman–Crippen LogP) is 4.33. The van der Waals surface area contributed by atoms with E-state index in [1.165, 1.54) is 0 Å². The van der Waals surface area contributed by atoms with Crippen molar-refractivity contribution in [2.24, 2.45) is 0 Å². The first kappa shape index (κ1) is 17.3. The van der Waals surface area contributed by atoms with Crippen LogP contribution in [0.5, 0.6) is 0 Å². The lowest BCUT2D eigenvalue weighted by Gasteiger charge is -2.20. The zero-order chi connectivity index (χ0) is 17.9. The first-order valence-corrected chi connectivity index (χ1v) is 9.05. The van der Waals surface area contributed by atoms with Crippen LogP contribution in [0.3, 0.4) is 0 Å². The van der Waals surface area contributed by atoms with E-state index in [9.17, 15) is 4.79 Å². The van der Waals surface area contributed by atoms with E-state index >= 15 is 0 Å². The molecule has 0 spiro atoms. The van der Waals surface area contributed by atoms with E-state index in [4.69, 9.17) is 4.98 Å². The minimum absolute atomic E-state index is 0.0360. The number of thiazole rings is 1. The fraction of sp³-hybridized carbons (Fsp3) is 0.250. The number of hydrogen-bond acceptors (Lipinski definition) is 4. The summed E-state index contributed by atoms with van der Waals surface area (Å²) in [6.45, 7) is 5.95. The Kier molecular flexibility index (Phi) is 4.95. The summed E-state index contributed by atoms with van der Waals surface area (Å²) in [6, 6.07) is 11.9. The Bertz CT molecular complexity index is 849. The van der Waals surface area contributed by atoms with E-state index in [2.05, 4.69) is 15.7 Å². The van der Waals surface area contributed by atoms with Crippen LogP contribution in [0, 0.1) is 0 Å². The van der Waals surface area contributed by atoms with Gasteiger partial charge in [0, 0.05) is 34.4 Å². The maximum absolute atomic E-state index is 12.0. The average Bonchev–Trinajstić information content (AvgIpc) is 3.04. The van der Waals surface area contributed by atoms with Gasteiger partial charge < -0.3 is 5.32 Å². The number of hydrogen-bond donors (Lipinski definition) is 1. The van der Waals surface area contributed by atoms with Gasteiger partial charge in [0.1, 0.15) is 5.01 Å². The van der Waals surface area contributed by atoms with Crippen molar-refractivity contribution in [2.75, 3.05) is 0 Å². The molecule has 25 heavy (non-hydrogen) atoms. The topological polar surface area (TPSA) is 54.9 Å². The third-order valence-electron chi connectivity index (χ3n) is 3.56. The Morgan fingerprint density at radius 1 is 1.04 bits per heavy atom. The highest BCUT2D eigenvalue weighted by Gasteiger charge is 2.14. The van der Waals surface area contributed by atoms with Gasteiger partial charge in [-0.1, -0.05) is 24.3 Å². The van der Waals surface area contributed by atoms with E-state index in [1.807, 2.05) is 57.2 Å². The van der Waals surface area contributed by atoms with Gasteiger partial charge in [0.15, 0.2) is 0 Å². The second kappa shape index (κ2) is 7.15. The van der Waals surface area contributed by atoms with Crippen LogP contribution in [0.25, 0.3) is 21.8 Å². The molecule has 0 radical (unpaired) electrons. The van der Waals surface area contributed by atoms with Gasteiger partial charge in [-0.25, -0.2) is 4.98 Å². The van der Waals surface area contributed by atoms with Crippen LogP contribution in [-0.4, -0.2) is 21.4 Å². The molecule has 0 unspecified atom stereocenters. The molecule has 2 aromatic heterocycles. The number of nitrogens with zero attached hydrogens (tertiary/aromatic N) is 2. The molecule has 1 aromatic carbocycles. The van der Waals surface area contributed by atoms with Crippen molar-refractivity contribution in [1.29, 1.82) is 0 Å². The monoisotopic (exact) mass is 351 g/mol. The highest BCUT2D eigenvalue weighted by molar-refractivity contribution is 7.13. The van der Waals surface area contributed by atoms with Gasteiger partial charge in [-0.05, 0) is 38.5 Å². The molecule has 0 aliphatic rings. The summed E-state index contributed by atoms with van der Waals surface area (Å²) in [5.74, 6) is 0.0360. The van der Waals surface area contributed by atoms with Gasteiger partial charge in [0.25, 0.3) is 0 Å². The Hall–Kier alpha value is -2.53. The molecular weight excluding hydrogens is 330 g/mol. The van der Waals surface area contributed by atoms with Gasteiger partial charge in [-0.15, -0.1) is 11.3 Å². The standard InChI is InChI=1S/C20H21N3OS/c1-20(2,3)23-18(24)12-14-4-6-15(7-5-14)17-13-25-19(22-17)16-8-10-21-11-9-16/h4-11,13H,12H2,1-3H3,(H,23,24). The van der Waals surface area contributed by atoms with Crippen LogP contribution >= 0.6 is 11.3 Å². The van der Waals surface area contributed by atoms with Crippen molar-refractivity contribution in [2.45, 2.75) is 32.7 Å². The number of benzene rings is 1. The molecule has 0 saturated heterocycles. The number of nitrogens with one attached hydrogen (secondary N) is 1. The molecule has 0 bridgehead atoms. The second-order valence-corrected chi connectivity index (χ2v) is 7.80. The van der Waals surface area contributed by atoms with Gasteiger partial charge in [-0.3, -0.25) is 9.78 Å².